The van der Waals surface area contributed by atoms with Crippen molar-refractivity contribution < 1.29 is 9.21 Å². The van der Waals surface area contributed by atoms with E-state index < -0.39 is 0 Å². The van der Waals surface area contributed by atoms with Gasteiger partial charge in [0.2, 0.25) is 0 Å². The van der Waals surface area contributed by atoms with Crippen molar-refractivity contribution in [3.63, 3.8) is 0 Å². The van der Waals surface area contributed by atoms with Crippen LogP contribution in [-0.2, 0) is 0 Å². The average Bonchev–Trinajstić information content (AvgIpc) is 3.04. The Morgan fingerprint density at radius 3 is 2.80 bits per heavy atom. The monoisotopic (exact) mass is 305 g/mol. The first kappa shape index (κ1) is 13.2. The second-order valence-corrected chi connectivity index (χ2v) is 6.20. The summed E-state index contributed by atoms with van der Waals surface area (Å²) in [6.07, 6.45) is 0. The van der Waals surface area contributed by atoms with E-state index in [4.69, 9.17) is 16.0 Å². The molecule has 20 heavy (non-hydrogen) atoms. The van der Waals surface area contributed by atoms with Gasteiger partial charge >= 0.3 is 0 Å². The number of amides is 1. The summed E-state index contributed by atoms with van der Waals surface area (Å²) in [5.74, 6) is 0.594. The molecule has 2 aromatic heterocycles. The molecule has 3 aromatic rings. The lowest BCUT2D eigenvalue weighted by atomic mass is 10.2. The van der Waals surface area contributed by atoms with E-state index in [9.17, 15) is 4.79 Å². The first-order valence-corrected chi connectivity index (χ1v) is 7.37. The largest absolute Gasteiger partial charge is 0.459 e. The van der Waals surface area contributed by atoms with Crippen molar-refractivity contribution >= 4 is 39.8 Å². The van der Waals surface area contributed by atoms with Crippen molar-refractivity contribution in [3.8, 4) is 0 Å². The molecule has 102 valence electrons. The second kappa shape index (κ2) is 5.31. The molecule has 0 radical (unpaired) electrons. The molecule has 0 fully saturated rings. The maximum atomic E-state index is 12.1. The van der Waals surface area contributed by atoms with Crippen LogP contribution in [0.3, 0.4) is 0 Å². The van der Waals surface area contributed by atoms with Crippen LogP contribution in [0.2, 0.25) is 4.34 Å². The summed E-state index contributed by atoms with van der Waals surface area (Å²) in [5.41, 5.74) is 0.822. The van der Waals surface area contributed by atoms with Crippen LogP contribution < -0.4 is 5.32 Å². The zero-order valence-electron chi connectivity index (χ0n) is 10.7. The molecule has 0 aliphatic rings. The quantitative estimate of drug-likeness (QED) is 0.766. The molecule has 0 unspecified atom stereocenters. The second-order valence-electron chi connectivity index (χ2n) is 4.49. The molecule has 0 saturated carbocycles. The number of carbonyl (C=O) groups excluding carboxylic acids is 1. The van der Waals surface area contributed by atoms with E-state index in [1.165, 1.54) is 11.3 Å². The first-order valence-electron chi connectivity index (χ1n) is 6.18. The van der Waals surface area contributed by atoms with Gasteiger partial charge in [0.05, 0.1) is 15.3 Å². The number of fused-ring (bicyclic) bond motifs is 1. The van der Waals surface area contributed by atoms with Crippen LogP contribution in [0.5, 0.6) is 0 Å². The average molecular weight is 306 g/mol. The Hall–Kier alpha value is -1.78. The molecule has 0 spiro atoms. The SMILES string of the molecule is C[C@@H](NC(=O)c1ccc(Cl)s1)c1cc2ccccc2o1. The minimum Gasteiger partial charge on any atom is -0.459 e. The van der Waals surface area contributed by atoms with E-state index >= 15 is 0 Å². The zero-order valence-corrected chi connectivity index (χ0v) is 12.3. The summed E-state index contributed by atoms with van der Waals surface area (Å²) in [5, 5.41) is 3.94. The number of furan rings is 1. The van der Waals surface area contributed by atoms with Gasteiger partial charge in [-0.05, 0) is 31.2 Å². The fourth-order valence-electron chi connectivity index (χ4n) is 1.99. The minimum atomic E-state index is -0.198. The normalized spacial score (nSPS) is 12.5. The molecule has 1 atom stereocenters. The van der Waals surface area contributed by atoms with Crippen molar-refractivity contribution in [3.05, 3.63) is 57.4 Å². The lowest BCUT2D eigenvalue weighted by Gasteiger charge is -2.10. The first-order chi connectivity index (χ1) is 9.63. The number of thiophene rings is 1. The Morgan fingerprint density at radius 1 is 1.30 bits per heavy atom. The van der Waals surface area contributed by atoms with E-state index in [2.05, 4.69) is 5.32 Å². The molecule has 1 N–H and O–H groups in total. The molecule has 3 nitrogen and oxygen atoms in total. The predicted molar refractivity (Wildman–Crippen MR) is 81.4 cm³/mol. The van der Waals surface area contributed by atoms with Crippen LogP contribution in [0, 0.1) is 0 Å². The van der Waals surface area contributed by atoms with Crippen molar-refractivity contribution in [1.82, 2.24) is 5.32 Å². The van der Waals surface area contributed by atoms with Gasteiger partial charge in [0.15, 0.2) is 0 Å². The number of para-hydroxylation sites is 1. The lowest BCUT2D eigenvalue weighted by Crippen LogP contribution is -2.25. The number of hydrogen-bond acceptors (Lipinski definition) is 3. The number of benzene rings is 1. The van der Waals surface area contributed by atoms with Crippen LogP contribution in [0.15, 0.2) is 46.9 Å². The van der Waals surface area contributed by atoms with Gasteiger partial charge in [0, 0.05) is 5.39 Å². The summed E-state index contributed by atoms with van der Waals surface area (Å²) in [6.45, 7) is 1.89. The summed E-state index contributed by atoms with van der Waals surface area (Å²) >= 11 is 7.09. The van der Waals surface area contributed by atoms with Gasteiger partial charge in [-0.2, -0.15) is 0 Å². The van der Waals surface area contributed by atoms with Crippen LogP contribution in [0.4, 0.5) is 0 Å². The van der Waals surface area contributed by atoms with Crippen molar-refractivity contribution in [2.24, 2.45) is 0 Å². The Balaban J connectivity index is 1.78. The zero-order chi connectivity index (χ0) is 14.1. The van der Waals surface area contributed by atoms with Crippen molar-refractivity contribution in [1.29, 1.82) is 0 Å². The fraction of sp³-hybridized carbons (Fsp3) is 0.133. The maximum absolute atomic E-state index is 12.1. The Kier molecular flexibility index (Phi) is 3.51. The van der Waals surface area contributed by atoms with Crippen LogP contribution >= 0.6 is 22.9 Å². The lowest BCUT2D eigenvalue weighted by molar-refractivity contribution is 0.0940. The van der Waals surface area contributed by atoms with Crippen LogP contribution in [0.25, 0.3) is 11.0 Å². The van der Waals surface area contributed by atoms with Gasteiger partial charge in [-0.25, -0.2) is 0 Å². The maximum Gasteiger partial charge on any atom is 0.261 e. The van der Waals surface area contributed by atoms with E-state index in [0.29, 0.717) is 9.21 Å². The number of halogens is 1. The summed E-state index contributed by atoms with van der Waals surface area (Å²) in [7, 11) is 0. The van der Waals surface area contributed by atoms with E-state index in [1.54, 1.807) is 12.1 Å². The minimum absolute atomic E-state index is 0.144. The third-order valence-electron chi connectivity index (χ3n) is 3.02. The fourth-order valence-corrected chi connectivity index (χ4v) is 2.94. The molecule has 1 amide bonds. The van der Waals surface area contributed by atoms with Gasteiger partial charge in [0.1, 0.15) is 11.3 Å². The number of rotatable bonds is 3. The highest BCUT2D eigenvalue weighted by atomic mass is 35.5. The molecule has 3 rings (SSSR count). The number of nitrogens with one attached hydrogen (secondary N) is 1. The Bertz CT molecular complexity index is 729. The van der Waals surface area contributed by atoms with E-state index in [1.807, 2.05) is 37.3 Å². The molecular weight excluding hydrogens is 294 g/mol. The van der Waals surface area contributed by atoms with E-state index in [-0.39, 0.29) is 11.9 Å². The highest BCUT2D eigenvalue weighted by molar-refractivity contribution is 7.17. The molecule has 0 aliphatic heterocycles. The smallest absolute Gasteiger partial charge is 0.261 e. The van der Waals surface area contributed by atoms with Gasteiger partial charge in [-0.3, -0.25) is 4.79 Å². The molecule has 0 saturated heterocycles. The molecule has 1 aromatic carbocycles. The highest BCUT2D eigenvalue weighted by Gasteiger charge is 2.16. The van der Waals surface area contributed by atoms with Gasteiger partial charge in [-0.1, -0.05) is 29.8 Å². The van der Waals surface area contributed by atoms with Gasteiger partial charge < -0.3 is 9.73 Å². The molecule has 2 heterocycles. The number of carbonyl (C=O) groups is 1. The highest BCUT2D eigenvalue weighted by Crippen LogP contribution is 2.25. The van der Waals surface area contributed by atoms with Crippen molar-refractivity contribution in [2.45, 2.75) is 13.0 Å². The van der Waals surface area contributed by atoms with Crippen molar-refractivity contribution in [2.75, 3.05) is 0 Å². The third-order valence-corrected chi connectivity index (χ3v) is 4.25. The van der Waals surface area contributed by atoms with Gasteiger partial charge in [-0.15, -0.1) is 11.3 Å². The third kappa shape index (κ3) is 2.57. The predicted octanol–water partition coefficient (Wildman–Crippen LogP) is 4.64. The summed E-state index contributed by atoms with van der Waals surface area (Å²) < 4.78 is 6.34. The summed E-state index contributed by atoms with van der Waals surface area (Å²) in [4.78, 5) is 12.7. The molecular formula is C15H12ClNO2S. The molecule has 5 heteroatoms. The van der Waals surface area contributed by atoms with Crippen LogP contribution in [-0.4, -0.2) is 5.91 Å². The Morgan fingerprint density at radius 2 is 2.10 bits per heavy atom. The van der Waals surface area contributed by atoms with E-state index in [0.717, 1.165) is 16.7 Å². The topological polar surface area (TPSA) is 42.2 Å². The molecule has 0 bridgehead atoms. The van der Waals surface area contributed by atoms with Gasteiger partial charge in [0.25, 0.3) is 5.91 Å². The van der Waals surface area contributed by atoms with Crippen LogP contribution in [0.1, 0.15) is 28.4 Å². The molecule has 0 aliphatic carbocycles. The standard InChI is InChI=1S/C15H12ClNO2S/c1-9(17-15(18)13-6-7-14(16)20-13)12-8-10-4-2-3-5-11(10)19-12/h2-9H,1H3,(H,17,18)/t9-/m1/s1. The Labute approximate surface area is 125 Å². The summed E-state index contributed by atoms with van der Waals surface area (Å²) in [6, 6.07) is 13.0. The number of hydrogen-bond donors (Lipinski definition) is 1.